The summed E-state index contributed by atoms with van der Waals surface area (Å²) >= 11 is 0. The average Bonchev–Trinajstić information content (AvgIpc) is 3.37. The Morgan fingerprint density at radius 2 is 0.652 bits per heavy atom. The van der Waals surface area contributed by atoms with Gasteiger partial charge in [-0.3, -0.25) is 0 Å². The van der Waals surface area contributed by atoms with Crippen LogP contribution in [0, 0.1) is 0 Å². The highest BCUT2D eigenvalue weighted by Gasteiger charge is 2.15. The second-order valence-corrected chi connectivity index (χ2v) is 17.7. The molecule has 0 radical (unpaired) electrons. The molecule has 0 aromatic heterocycles. The summed E-state index contributed by atoms with van der Waals surface area (Å²) in [5, 5.41) is 8.64. The number of carbonyl (C=O) groups excluding carboxylic acids is 3. The van der Waals surface area contributed by atoms with Crippen molar-refractivity contribution in [2.45, 2.75) is 155 Å². The first kappa shape index (κ1) is 53.7. The first-order valence-corrected chi connectivity index (χ1v) is 25.7. The van der Waals surface area contributed by atoms with Crippen LogP contribution in [0.4, 0.5) is 11.4 Å². The predicted molar refractivity (Wildman–Crippen MR) is 275 cm³/mol. The van der Waals surface area contributed by atoms with Crippen molar-refractivity contribution < 1.29 is 38.1 Å². The molecule has 69 heavy (non-hydrogen) atoms. The van der Waals surface area contributed by atoms with E-state index in [9.17, 15) is 14.4 Å². The standard InChI is InChI=1S/C59H74N2O8/c1-3-5-7-9-11-13-14-15-16-17-18-20-22-24-45-66-53-40-32-50(33-41-53)60-61-51-34-42-55(43-35-51)67-57(62)48-30-38-54(39-31-48)68-59(64)49-26-25-27-56(46-49)69-58(63)47-28-36-52(37-29-47)65-44-23-21-19-12-10-8-6-4-2/h25-43,46H,3-24,44-45H2,1-2H3. The van der Waals surface area contributed by atoms with Crippen LogP contribution in [-0.4, -0.2) is 31.1 Å². The number of hydrogen-bond donors (Lipinski definition) is 0. The fraction of sp³-hybridized carbons (Fsp3) is 0.441. The number of azo groups is 1. The Labute approximate surface area is 411 Å². The van der Waals surface area contributed by atoms with E-state index >= 15 is 0 Å². The van der Waals surface area contributed by atoms with Gasteiger partial charge < -0.3 is 23.7 Å². The second kappa shape index (κ2) is 32.5. The molecule has 0 amide bonds. The summed E-state index contributed by atoms with van der Waals surface area (Å²) in [6, 6.07) is 33.3. The fourth-order valence-corrected chi connectivity index (χ4v) is 7.75. The fourth-order valence-electron chi connectivity index (χ4n) is 7.75. The number of unbranched alkanes of at least 4 members (excludes halogenated alkanes) is 20. The molecule has 0 aliphatic heterocycles. The second-order valence-electron chi connectivity index (χ2n) is 17.7. The van der Waals surface area contributed by atoms with Crippen LogP contribution >= 0.6 is 0 Å². The molecular formula is C59H74N2O8. The van der Waals surface area contributed by atoms with Crippen molar-refractivity contribution in [3.05, 3.63) is 138 Å². The molecule has 0 saturated carbocycles. The maximum absolute atomic E-state index is 13.0. The van der Waals surface area contributed by atoms with E-state index in [-0.39, 0.29) is 22.6 Å². The minimum Gasteiger partial charge on any atom is -0.494 e. The molecule has 5 aromatic rings. The summed E-state index contributed by atoms with van der Waals surface area (Å²) in [6.07, 6.45) is 28.5. The first-order valence-electron chi connectivity index (χ1n) is 25.7. The molecule has 5 rings (SSSR count). The Morgan fingerprint density at radius 3 is 1.06 bits per heavy atom. The van der Waals surface area contributed by atoms with Gasteiger partial charge in [0.1, 0.15) is 28.7 Å². The van der Waals surface area contributed by atoms with Crippen LogP contribution < -0.4 is 23.7 Å². The van der Waals surface area contributed by atoms with Crippen LogP contribution in [0.3, 0.4) is 0 Å². The van der Waals surface area contributed by atoms with Crippen LogP contribution in [0.1, 0.15) is 186 Å². The van der Waals surface area contributed by atoms with E-state index < -0.39 is 17.9 Å². The van der Waals surface area contributed by atoms with E-state index in [1.165, 1.54) is 152 Å². The van der Waals surface area contributed by atoms with Gasteiger partial charge in [0, 0.05) is 0 Å². The van der Waals surface area contributed by atoms with E-state index in [0.717, 1.165) is 25.0 Å². The lowest BCUT2D eigenvalue weighted by Crippen LogP contribution is -2.11. The van der Waals surface area contributed by atoms with Crippen molar-refractivity contribution in [1.82, 2.24) is 0 Å². The van der Waals surface area contributed by atoms with E-state index in [4.69, 9.17) is 23.7 Å². The van der Waals surface area contributed by atoms with Crippen LogP contribution in [0.5, 0.6) is 28.7 Å². The van der Waals surface area contributed by atoms with Gasteiger partial charge in [0.15, 0.2) is 0 Å². The van der Waals surface area contributed by atoms with Gasteiger partial charge in [-0.15, -0.1) is 0 Å². The molecule has 0 heterocycles. The van der Waals surface area contributed by atoms with Gasteiger partial charge in [-0.2, -0.15) is 10.2 Å². The zero-order valence-corrected chi connectivity index (χ0v) is 41.2. The lowest BCUT2D eigenvalue weighted by Gasteiger charge is -2.09. The maximum atomic E-state index is 13.0. The normalized spacial score (nSPS) is 11.1. The Kier molecular flexibility index (Phi) is 25.2. The summed E-state index contributed by atoms with van der Waals surface area (Å²) in [6.45, 7) is 5.85. The summed E-state index contributed by atoms with van der Waals surface area (Å²) in [5.74, 6) is 0.473. The highest BCUT2D eigenvalue weighted by molar-refractivity contribution is 5.94. The highest BCUT2D eigenvalue weighted by Crippen LogP contribution is 2.25. The summed E-state index contributed by atoms with van der Waals surface area (Å²) in [4.78, 5) is 38.8. The van der Waals surface area contributed by atoms with Gasteiger partial charge in [0.25, 0.3) is 0 Å². The molecule has 0 fully saturated rings. The van der Waals surface area contributed by atoms with Crippen molar-refractivity contribution in [1.29, 1.82) is 0 Å². The number of ether oxygens (including phenoxy) is 5. The van der Waals surface area contributed by atoms with Gasteiger partial charge in [0.05, 0.1) is 41.3 Å². The average molecular weight is 939 g/mol. The van der Waals surface area contributed by atoms with Gasteiger partial charge in [-0.25, -0.2) is 14.4 Å². The summed E-state index contributed by atoms with van der Waals surface area (Å²) in [7, 11) is 0. The van der Waals surface area contributed by atoms with Crippen molar-refractivity contribution in [3.63, 3.8) is 0 Å². The third-order valence-electron chi connectivity index (χ3n) is 11.9. The highest BCUT2D eigenvalue weighted by atomic mass is 16.5. The zero-order valence-electron chi connectivity index (χ0n) is 41.2. The summed E-state index contributed by atoms with van der Waals surface area (Å²) in [5.41, 5.74) is 2.11. The number of esters is 3. The molecule has 10 nitrogen and oxygen atoms in total. The lowest BCUT2D eigenvalue weighted by atomic mass is 10.0. The van der Waals surface area contributed by atoms with E-state index in [1.54, 1.807) is 66.7 Å². The summed E-state index contributed by atoms with van der Waals surface area (Å²) < 4.78 is 28.4. The molecule has 0 spiro atoms. The molecule has 0 bridgehead atoms. The third kappa shape index (κ3) is 21.7. The van der Waals surface area contributed by atoms with Crippen LogP contribution in [0.25, 0.3) is 0 Å². The molecule has 0 atom stereocenters. The lowest BCUT2D eigenvalue weighted by molar-refractivity contribution is 0.0714. The molecule has 0 saturated heterocycles. The number of rotatable bonds is 34. The topological polar surface area (TPSA) is 122 Å². The van der Waals surface area contributed by atoms with Crippen LogP contribution in [-0.2, 0) is 0 Å². The SMILES string of the molecule is CCCCCCCCCCCCCCCCOc1ccc(N=Nc2ccc(OC(=O)c3ccc(OC(=O)c4cccc(OC(=O)c5ccc(OCCCCCCCCCC)cc5)c4)cc3)cc2)cc1. The van der Waals surface area contributed by atoms with Gasteiger partial charge in [-0.1, -0.05) is 148 Å². The minimum atomic E-state index is -0.657. The van der Waals surface area contributed by atoms with E-state index in [0.29, 0.717) is 41.7 Å². The van der Waals surface area contributed by atoms with Crippen LogP contribution in [0.2, 0.25) is 0 Å². The van der Waals surface area contributed by atoms with E-state index in [2.05, 4.69) is 24.1 Å². The molecule has 5 aromatic carbocycles. The number of hydrogen-bond acceptors (Lipinski definition) is 10. The Morgan fingerprint density at radius 1 is 0.333 bits per heavy atom. The van der Waals surface area contributed by atoms with Gasteiger partial charge >= 0.3 is 17.9 Å². The number of benzene rings is 5. The Bertz CT molecular complexity index is 2240. The van der Waals surface area contributed by atoms with Crippen molar-refractivity contribution >= 4 is 29.3 Å². The van der Waals surface area contributed by atoms with Crippen molar-refractivity contribution in [2.24, 2.45) is 10.2 Å². The van der Waals surface area contributed by atoms with Gasteiger partial charge in [-0.05, 0) is 128 Å². The monoisotopic (exact) mass is 939 g/mol. The Hall–Kier alpha value is -6.29. The molecule has 10 heteroatoms. The number of nitrogens with zero attached hydrogens (tertiary/aromatic N) is 2. The smallest absolute Gasteiger partial charge is 0.343 e. The molecule has 0 aliphatic rings. The minimum absolute atomic E-state index is 0.185. The van der Waals surface area contributed by atoms with Crippen molar-refractivity contribution in [3.8, 4) is 28.7 Å². The Balaban J connectivity index is 0.949. The molecule has 0 N–H and O–H groups in total. The first-order chi connectivity index (χ1) is 33.9. The largest absolute Gasteiger partial charge is 0.494 e. The molecule has 0 aliphatic carbocycles. The van der Waals surface area contributed by atoms with Crippen molar-refractivity contribution in [2.75, 3.05) is 13.2 Å². The van der Waals surface area contributed by atoms with E-state index in [1.807, 2.05) is 24.3 Å². The predicted octanol–water partition coefficient (Wildman–Crippen LogP) is 17.1. The molecular weight excluding hydrogens is 865 g/mol. The quantitative estimate of drug-likeness (QED) is 0.0173. The molecule has 368 valence electrons. The maximum Gasteiger partial charge on any atom is 0.343 e. The number of carbonyl (C=O) groups is 3. The third-order valence-corrected chi connectivity index (χ3v) is 11.9. The zero-order chi connectivity index (χ0) is 48.6. The van der Waals surface area contributed by atoms with Crippen LogP contribution in [0.15, 0.2) is 132 Å². The van der Waals surface area contributed by atoms with Gasteiger partial charge in [0.2, 0.25) is 0 Å². The molecule has 0 unspecified atom stereocenters.